The Hall–Kier alpha value is -5.77. The number of hydrogen-bond donors (Lipinski definition) is 1. The number of allylic oxidation sites excluding steroid dienone is 4. The van der Waals surface area contributed by atoms with E-state index >= 15 is 0 Å². The van der Waals surface area contributed by atoms with Gasteiger partial charge in [0.2, 0.25) is 5.78 Å². The van der Waals surface area contributed by atoms with Crippen molar-refractivity contribution >= 4 is 23.4 Å². The first-order valence-electron chi connectivity index (χ1n) is 15.6. The number of methoxy groups -OCH3 is 3. The predicted molar refractivity (Wildman–Crippen MR) is 181 cm³/mol. The molecule has 3 aliphatic heterocycles. The van der Waals surface area contributed by atoms with Crippen molar-refractivity contribution in [1.82, 2.24) is 0 Å². The second-order valence-corrected chi connectivity index (χ2v) is 12.3. The standard InChI is InChI=1S/C23H22O7.C16H14O3/c1-23(2)6-5-11-15(30-23)8-13(24)20-21(25)19-12-7-16(26-3)17(27-4)9-14(12)28-10-18(19)29-22(11)20;1-3-12(11-7-5-4-6-8-11)13-9-15(18)16(19-2)10-14(13)17/h5-9,18-19,24H,10H2,1-4H3;3-10,12H,1H2,2H3. The van der Waals surface area contributed by atoms with Crippen LogP contribution in [0.5, 0.6) is 34.5 Å². The highest BCUT2D eigenvalue weighted by molar-refractivity contribution is 6.19. The number of benzene rings is 3. The van der Waals surface area contributed by atoms with Crippen molar-refractivity contribution in [2.75, 3.05) is 27.9 Å². The van der Waals surface area contributed by atoms with E-state index in [1.165, 1.54) is 32.4 Å². The molecule has 3 atom stereocenters. The van der Waals surface area contributed by atoms with E-state index in [-0.39, 0.29) is 46.9 Å². The summed E-state index contributed by atoms with van der Waals surface area (Å²) < 4.78 is 33.7. The van der Waals surface area contributed by atoms with E-state index in [1.54, 1.807) is 25.3 Å². The smallest absolute Gasteiger partial charge is 0.220 e. The summed E-state index contributed by atoms with van der Waals surface area (Å²) in [6.07, 6.45) is 7.47. The van der Waals surface area contributed by atoms with E-state index < -0.39 is 17.6 Å². The summed E-state index contributed by atoms with van der Waals surface area (Å²) in [5.74, 6) is 0.620. The molecule has 3 aromatic rings. The molecule has 0 spiro atoms. The van der Waals surface area contributed by atoms with Crippen molar-refractivity contribution in [2.24, 2.45) is 0 Å². The Kier molecular flexibility index (Phi) is 8.81. The van der Waals surface area contributed by atoms with Gasteiger partial charge in [0, 0.05) is 35.3 Å². The molecule has 10 heteroatoms. The van der Waals surface area contributed by atoms with Crippen molar-refractivity contribution in [3.63, 3.8) is 0 Å². The van der Waals surface area contributed by atoms with Crippen LogP contribution in [0.4, 0.5) is 0 Å². The Bertz CT molecular complexity index is 1950. The summed E-state index contributed by atoms with van der Waals surface area (Å²) in [7, 11) is 4.45. The Morgan fingerprint density at radius 3 is 2.33 bits per heavy atom. The van der Waals surface area contributed by atoms with Crippen LogP contribution in [0.15, 0.2) is 90.7 Å². The highest BCUT2D eigenvalue weighted by atomic mass is 16.5. The SMILES string of the molecule is C=CC(C1=CC(=O)C(OC)=CC1=O)c1ccccc1.COc1cc2c(cc1OC)C1C(=O)c3c(O)cc4c(c3OC1CO2)C=CC(C)(C)O4. The summed E-state index contributed by atoms with van der Waals surface area (Å²) in [6, 6.07) is 14.4. The maximum atomic E-state index is 13.6. The van der Waals surface area contributed by atoms with Crippen LogP contribution >= 0.6 is 0 Å². The zero-order chi connectivity index (χ0) is 35.0. The Morgan fingerprint density at radius 1 is 0.939 bits per heavy atom. The monoisotopic (exact) mass is 664 g/mol. The first kappa shape index (κ1) is 33.1. The van der Waals surface area contributed by atoms with E-state index in [0.717, 1.165) is 5.56 Å². The number of carbonyl (C=O) groups excluding carboxylic acids is 3. The van der Waals surface area contributed by atoms with Crippen molar-refractivity contribution < 1.29 is 47.9 Å². The van der Waals surface area contributed by atoms with Gasteiger partial charge in [0.15, 0.2) is 28.8 Å². The van der Waals surface area contributed by atoms with Crippen LogP contribution in [0.1, 0.15) is 52.7 Å². The summed E-state index contributed by atoms with van der Waals surface area (Å²) in [5.41, 5.74) is 2.28. The highest BCUT2D eigenvalue weighted by Gasteiger charge is 2.46. The normalized spacial score (nSPS) is 20.1. The van der Waals surface area contributed by atoms with Gasteiger partial charge in [0.1, 0.15) is 46.9 Å². The number of ether oxygens (including phenoxy) is 6. The van der Waals surface area contributed by atoms with Crippen molar-refractivity contribution in [3.8, 4) is 34.5 Å². The third-order valence-corrected chi connectivity index (χ3v) is 8.74. The summed E-state index contributed by atoms with van der Waals surface area (Å²) >= 11 is 0. The third-order valence-electron chi connectivity index (χ3n) is 8.74. The molecule has 0 saturated carbocycles. The van der Waals surface area contributed by atoms with E-state index in [1.807, 2.05) is 56.3 Å². The Labute approximate surface area is 283 Å². The van der Waals surface area contributed by atoms with Gasteiger partial charge in [0.25, 0.3) is 0 Å². The molecule has 0 saturated heterocycles. The first-order valence-corrected chi connectivity index (χ1v) is 15.6. The molecule has 0 fully saturated rings. The van der Waals surface area contributed by atoms with Gasteiger partial charge in [-0.15, -0.1) is 6.58 Å². The number of hydrogen-bond acceptors (Lipinski definition) is 10. The zero-order valence-corrected chi connectivity index (χ0v) is 27.8. The molecule has 0 aromatic heterocycles. The number of aromatic hydroxyl groups is 1. The fourth-order valence-electron chi connectivity index (χ4n) is 6.34. The van der Waals surface area contributed by atoms with Crippen LogP contribution < -0.4 is 23.7 Å². The quantitative estimate of drug-likeness (QED) is 0.238. The van der Waals surface area contributed by atoms with Crippen LogP contribution in [0, 0.1) is 0 Å². The predicted octanol–water partition coefficient (Wildman–Crippen LogP) is 6.28. The van der Waals surface area contributed by atoms with Crippen LogP contribution in [-0.2, 0) is 14.3 Å². The van der Waals surface area contributed by atoms with Crippen molar-refractivity contribution in [2.45, 2.75) is 37.4 Å². The average Bonchev–Trinajstić information content (AvgIpc) is 3.09. The summed E-state index contributed by atoms with van der Waals surface area (Å²) in [4.78, 5) is 37.4. The maximum Gasteiger partial charge on any atom is 0.220 e. The molecular weight excluding hydrogens is 628 g/mol. The number of Topliss-reactive ketones (excluding diaryl/α,β-unsaturated/α-hetero) is 1. The van der Waals surface area contributed by atoms with E-state index in [4.69, 9.17) is 28.4 Å². The number of rotatable bonds is 6. The molecule has 4 aliphatic rings. The van der Waals surface area contributed by atoms with Crippen molar-refractivity contribution in [3.05, 3.63) is 113 Å². The maximum absolute atomic E-state index is 13.6. The first-order chi connectivity index (χ1) is 23.5. The number of fused-ring (bicyclic) bond motifs is 6. The highest BCUT2D eigenvalue weighted by Crippen LogP contribution is 2.52. The number of phenolic OH excluding ortho intramolecular Hbond substituents is 1. The lowest BCUT2D eigenvalue weighted by Gasteiger charge is -2.39. The lowest BCUT2D eigenvalue weighted by molar-refractivity contribution is -0.117. The largest absolute Gasteiger partial charge is 0.507 e. The fraction of sp³-hybridized carbons (Fsp3) is 0.256. The average molecular weight is 665 g/mol. The minimum atomic E-state index is -0.630. The topological polar surface area (TPSA) is 127 Å². The number of phenols is 1. The molecule has 0 amide bonds. The van der Waals surface area contributed by atoms with Gasteiger partial charge < -0.3 is 33.5 Å². The molecule has 49 heavy (non-hydrogen) atoms. The molecule has 252 valence electrons. The number of carbonyl (C=O) groups is 3. The molecule has 3 heterocycles. The lowest BCUT2D eigenvalue weighted by Crippen LogP contribution is -2.43. The Morgan fingerprint density at radius 2 is 1.65 bits per heavy atom. The van der Waals surface area contributed by atoms with Gasteiger partial charge in [-0.05, 0) is 43.7 Å². The number of ketones is 3. The molecule has 0 bridgehead atoms. The van der Waals surface area contributed by atoms with Crippen LogP contribution in [0.25, 0.3) is 6.08 Å². The van der Waals surface area contributed by atoms with E-state index in [0.29, 0.717) is 45.4 Å². The van der Waals surface area contributed by atoms with Gasteiger partial charge >= 0.3 is 0 Å². The van der Waals surface area contributed by atoms with Gasteiger partial charge in [0.05, 0.1) is 32.8 Å². The van der Waals surface area contributed by atoms with Gasteiger partial charge in [-0.1, -0.05) is 36.4 Å². The van der Waals surface area contributed by atoms with Crippen LogP contribution in [0.3, 0.4) is 0 Å². The van der Waals surface area contributed by atoms with Crippen LogP contribution in [-0.4, -0.2) is 62.1 Å². The molecule has 7 rings (SSSR count). The van der Waals surface area contributed by atoms with E-state index in [2.05, 4.69) is 6.58 Å². The van der Waals surface area contributed by atoms with Gasteiger partial charge in [-0.25, -0.2) is 0 Å². The molecule has 3 unspecified atom stereocenters. The van der Waals surface area contributed by atoms with E-state index in [9.17, 15) is 19.5 Å². The third kappa shape index (κ3) is 6.06. The minimum Gasteiger partial charge on any atom is -0.507 e. The van der Waals surface area contributed by atoms with Crippen LogP contribution in [0.2, 0.25) is 0 Å². The summed E-state index contributed by atoms with van der Waals surface area (Å²) in [6.45, 7) is 7.78. The van der Waals surface area contributed by atoms with Gasteiger partial charge in [-0.2, -0.15) is 0 Å². The second kappa shape index (κ2) is 13.0. The molecular formula is C39H36O10. The molecule has 3 aromatic carbocycles. The molecule has 1 aliphatic carbocycles. The Balaban J connectivity index is 0.000000189. The molecule has 0 radical (unpaired) electrons. The molecule has 10 nitrogen and oxygen atoms in total. The molecule has 1 N–H and O–H groups in total. The fourth-order valence-corrected chi connectivity index (χ4v) is 6.34. The second-order valence-electron chi connectivity index (χ2n) is 12.3. The van der Waals surface area contributed by atoms with Gasteiger partial charge in [-0.3, -0.25) is 14.4 Å². The lowest BCUT2D eigenvalue weighted by atomic mass is 9.80. The minimum absolute atomic E-state index is 0.0737. The zero-order valence-electron chi connectivity index (χ0n) is 27.8. The van der Waals surface area contributed by atoms with Crippen molar-refractivity contribution in [1.29, 1.82) is 0 Å². The summed E-state index contributed by atoms with van der Waals surface area (Å²) in [5, 5.41) is 10.7.